The summed E-state index contributed by atoms with van der Waals surface area (Å²) in [6.45, 7) is 4.36. The molecular weight excluding hydrogens is 420 g/mol. The standard InChI is InChI=1S/C24H26N6OS/c1-15-8-3-6-12-20(15)30-22(17-9-7-13-25-14-17)28-29-24(30)32-16(2)21-26-19-11-5-4-10-18(19)23(31)27-21/h4-5,7,9-11,13-16,20H,3,6,8,12H2,1-2H3,(H,26,27,31)/t15-,16+,20+/m0/s1. The normalized spacial score (nSPS) is 19.8. The van der Waals surface area contributed by atoms with Gasteiger partial charge in [-0.1, -0.05) is 43.7 Å². The Morgan fingerprint density at radius 2 is 1.97 bits per heavy atom. The highest BCUT2D eigenvalue weighted by Gasteiger charge is 2.29. The molecule has 1 N–H and O–H groups in total. The molecule has 0 aliphatic heterocycles. The Labute approximate surface area is 190 Å². The average molecular weight is 447 g/mol. The first-order valence-corrected chi connectivity index (χ1v) is 12.0. The van der Waals surface area contributed by atoms with Crippen LogP contribution in [0, 0.1) is 5.92 Å². The van der Waals surface area contributed by atoms with Crippen LogP contribution in [-0.2, 0) is 0 Å². The molecule has 1 saturated carbocycles. The first-order valence-electron chi connectivity index (χ1n) is 11.1. The van der Waals surface area contributed by atoms with Gasteiger partial charge in [-0.2, -0.15) is 0 Å². The van der Waals surface area contributed by atoms with E-state index in [-0.39, 0.29) is 10.8 Å². The molecule has 1 aliphatic rings. The molecule has 3 heterocycles. The summed E-state index contributed by atoms with van der Waals surface area (Å²) in [5, 5.41) is 10.5. The molecule has 32 heavy (non-hydrogen) atoms. The number of aromatic nitrogens is 6. The SMILES string of the molecule is C[C@@H](Sc1nnc(-c2cccnc2)n1[C@@H]1CCCC[C@@H]1C)c1nc2ccccc2c(=O)[nH]1. The van der Waals surface area contributed by atoms with Crippen LogP contribution in [0.15, 0.2) is 58.7 Å². The van der Waals surface area contributed by atoms with E-state index in [9.17, 15) is 4.79 Å². The quantitative estimate of drug-likeness (QED) is 0.425. The zero-order valence-electron chi connectivity index (χ0n) is 18.2. The lowest BCUT2D eigenvalue weighted by molar-refractivity contribution is 0.247. The van der Waals surface area contributed by atoms with Crippen LogP contribution in [0.25, 0.3) is 22.3 Å². The number of benzene rings is 1. The second-order valence-electron chi connectivity index (χ2n) is 8.48. The summed E-state index contributed by atoms with van der Waals surface area (Å²) in [5.74, 6) is 2.04. The van der Waals surface area contributed by atoms with Gasteiger partial charge in [-0.25, -0.2) is 4.98 Å². The molecule has 5 rings (SSSR count). The van der Waals surface area contributed by atoms with Gasteiger partial charge in [0.25, 0.3) is 5.56 Å². The van der Waals surface area contributed by atoms with E-state index in [1.54, 1.807) is 24.0 Å². The van der Waals surface area contributed by atoms with Gasteiger partial charge in [0.1, 0.15) is 5.82 Å². The molecule has 7 nitrogen and oxygen atoms in total. The van der Waals surface area contributed by atoms with Crippen molar-refractivity contribution < 1.29 is 0 Å². The average Bonchev–Trinajstić information content (AvgIpc) is 3.23. The minimum absolute atomic E-state index is 0.0871. The van der Waals surface area contributed by atoms with Gasteiger partial charge < -0.3 is 4.98 Å². The van der Waals surface area contributed by atoms with E-state index in [0.29, 0.717) is 28.7 Å². The monoisotopic (exact) mass is 446 g/mol. The molecule has 8 heteroatoms. The molecule has 0 unspecified atom stereocenters. The number of thioether (sulfide) groups is 1. The minimum Gasteiger partial charge on any atom is -0.309 e. The maximum Gasteiger partial charge on any atom is 0.258 e. The fraction of sp³-hybridized carbons (Fsp3) is 0.375. The van der Waals surface area contributed by atoms with Crippen LogP contribution < -0.4 is 5.56 Å². The number of H-pyrrole nitrogens is 1. The summed E-state index contributed by atoms with van der Waals surface area (Å²) in [4.78, 5) is 24.5. The molecule has 1 aromatic carbocycles. The molecule has 0 radical (unpaired) electrons. The lowest BCUT2D eigenvalue weighted by atomic mass is 9.85. The zero-order chi connectivity index (χ0) is 22.1. The molecule has 1 fully saturated rings. The highest BCUT2D eigenvalue weighted by atomic mass is 32.2. The van der Waals surface area contributed by atoms with Crippen molar-refractivity contribution in [1.82, 2.24) is 29.7 Å². The van der Waals surface area contributed by atoms with Crippen molar-refractivity contribution in [2.24, 2.45) is 5.92 Å². The van der Waals surface area contributed by atoms with E-state index < -0.39 is 0 Å². The number of pyridine rings is 1. The largest absolute Gasteiger partial charge is 0.309 e. The van der Waals surface area contributed by atoms with Crippen molar-refractivity contribution in [3.05, 3.63) is 65.0 Å². The second-order valence-corrected chi connectivity index (χ2v) is 9.78. The maximum atomic E-state index is 12.6. The van der Waals surface area contributed by atoms with Crippen molar-refractivity contribution in [1.29, 1.82) is 0 Å². The van der Waals surface area contributed by atoms with E-state index in [1.807, 2.05) is 43.5 Å². The third kappa shape index (κ3) is 3.95. The van der Waals surface area contributed by atoms with Crippen LogP contribution in [0.1, 0.15) is 56.6 Å². The number of nitrogens with zero attached hydrogens (tertiary/aromatic N) is 5. The number of para-hydroxylation sites is 1. The zero-order valence-corrected chi connectivity index (χ0v) is 19.0. The Kier molecular flexibility index (Phi) is 5.78. The molecule has 164 valence electrons. The summed E-state index contributed by atoms with van der Waals surface area (Å²) in [7, 11) is 0. The predicted molar refractivity (Wildman–Crippen MR) is 127 cm³/mol. The third-order valence-corrected chi connectivity index (χ3v) is 7.35. The Bertz CT molecular complexity index is 1280. The Morgan fingerprint density at radius 3 is 2.78 bits per heavy atom. The number of aromatic amines is 1. The number of hydrogen-bond donors (Lipinski definition) is 1. The van der Waals surface area contributed by atoms with Gasteiger partial charge in [-0.3, -0.25) is 14.3 Å². The molecule has 1 aliphatic carbocycles. The van der Waals surface area contributed by atoms with Gasteiger partial charge in [0.05, 0.1) is 16.2 Å². The number of rotatable bonds is 5. The third-order valence-electron chi connectivity index (χ3n) is 6.28. The molecular formula is C24H26N6OS. The van der Waals surface area contributed by atoms with Crippen molar-refractivity contribution in [3.63, 3.8) is 0 Å². The van der Waals surface area contributed by atoms with Crippen molar-refractivity contribution in [2.75, 3.05) is 0 Å². The Balaban J connectivity index is 1.53. The number of nitrogens with one attached hydrogen (secondary N) is 1. The molecule has 0 bridgehead atoms. The van der Waals surface area contributed by atoms with Gasteiger partial charge in [-0.15, -0.1) is 10.2 Å². The van der Waals surface area contributed by atoms with Crippen LogP contribution in [0.2, 0.25) is 0 Å². The summed E-state index contributed by atoms with van der Waals surface area (Å²) in [6, 6.07) is 11.7. The smallest absolute Gasteiger partial charge is 0.258 e. The topological polar surface area (TPSA) is 89.3 Å². The van der Waals surface area contributed by atoms with E-state index in [4.69, 9.17) is 4.98 Å². The first kappa shape index (κ1) is 20.9. The maximum absolute atomic E-state index is 12.6. The summed E-state index contributed by atoms with van der Waals surface area (Å²) in [6.07, 6.45) is 8.40. The van der Waals surface area contributed by atoms with Gasteiger partial charge in [0.15, 0.2) is 11.0 Å². The van der Waals surface area contributed by atoms with Crippen LogP contribution >= 0.6 is 11.8 Å². The van der Waals surface area contributed by atoms with Gasteiger partial charge >= 0.3 is 0 Å². The number of fused-ring (bicyclic) bond motifs is 1. The van der Waals surface area contributed by atoms with Gasteiger partial charge in [0.2, 0.25) is 0 Å². The molecule has 4 aromatic rings. The molecule has 3 aromatic heterocycles. The van der Waals surface area contributed by atoms with Gasteiger partial charge in [0, 0.05) is 24.0 Å². The molecule has 3 atom stereocenters. The molecule has 0 saturated heterocycles. The van der Waals surface area contributed by atoms with Crippen molar-refractivity contribution in [2.45, 2.75) is 56.0 Å². The fourth-order valence-corrected chi connectivity index (χ4v) is 5.50. The van der Waals surface area contributed by atoms with Crippen molar-refractivity contribution >= 4 is 22.7 Å². The second kappa shape index (κ2) is 8.86. The van der Waals surface area contributed by atoms with E-state index in [1.165, 1.54) is 19.3 Å². The van der Waals surface area contributed by atoms with Crippen LogP contribution in [0.5, 0.6) is 0 Å². The summed E-state index contributed by atoms with van der Waals surface area (Å²) < 4.78 is 2.29. The fourth-order valence-electron chi connectivity index (χ4n) is 4.54. The molecule has 0 amide bonds. The van der Waals surface area contributed by atoms with Crippen LogP contribution in [-0.4, -0.2) is 29.7 Å². The summed E-state index contributed by atoms with van der Waals surface area (Å²) >= 11 is 1.59. The summed E-state index contributed by atoms with van der Waals surface area (Å²) in [5.41, 5.74) is 1.56. The highest BCUT2D eigenvalue weighted by Crippen LogP contribution is 2.41. The molecule has 0 spiro atoms. The van der Waals surface area contributed by atoms with Crippen LogP contribution in [0.3, 0.4) is 0 Å². The van der Waals surface area contributed by atoms with Crippen LogP contribution in [0.4, 0.5) is 0 Å². The first-order chi connectivity index (χ1) is 15.6. The minimum atomic E-state index is -0.114. The van der Waals surface area contributed by atoms with E-state index in [0.717, 1.165) is 23.0 Å². The van der Waals surface area contributed by atoms with Crippen molar-refractivity contribution in [3.8, 4) is 11.4 Å². The highest BCUT2D eigenvalue weighted by molar-refractivity contribution is 7.99. The number of hydrogen-bond acceptors (Lipinski definition) is 6. The van der Waals surface area contributed by atoms with E-state index in [2.05, 4.69) is 31.7 Å². The lowest BCUT2D eigenvalue weighted by Gasteiger charge is -2.31. The van der Waals surface area contributed by atoms with Gasteiger partial charge in [-0.05, 0) is 49.9 Å². The lowest BCUT2D eigenvalue weighted by Crippen LogP contribution is -2.23. The Morgan fingerprint density at radius 1 is 1.12 bits per heavy atom. The van der Waals surface area contributed by atoms with E-state index >= 15 is 0 Å². The Hall–Kier alpha value is -3.00. The predicted octanol–water partition coefficient (Wildman–Crippen LogP) is 5.18.